The van der Waals surface area contributed by atoms with Gasteiger partial charge in [0.05, 0.1) is 0 Å². The molecule has 2 amide bonds. The molecule has 0 aliphatic carbocycles. The second-order valence-electron chi connectivity index (χ2n) is 8.51. The van der Waals surface area contributed by atoms with Crippen molar-refractivity contribution in [2.75, 3.05) is 37.6 Å². The van der Waals surface area contributed by atoms with Gasteiger partial charge in [0, 0.05) is 51.0 Å². The van der Waals surface area contributed by atoms with Crippen molar-refractivity contribution in [3.63, 3.8) is 0 Å². The number of rotatable bonds is 6. The van der Waals surface area contributed by atoms with Crippen LogP contribution in [0.2, 0.25) is 0 Å². The van der Waals surface area contributed by atoms with Gasteiger partial charge in [-0.05, 0) is 61.1 Å². The van der Waals surface area contributed by atoms with Gasteiger partial charge < -0.3 is 15.5 Å². The molecule has 160 valence electrons. The third-order valence-electron chi connectivity index (χ3n) is 6.37. The van der Waals surface area contributed by atoms with Gasteiger partial charge in [0.15, 0.2) is 0 Å². The van der Waals surface area contributed by atoms with E-state index in [9.17, 15) is 9.18 Å². The van der Waals surface area contributed by atoms with E-state index < -0.39 is 0 Å². The molecule has 30 heavy (non-hydrogen) atoms. The lowest BCUT2D eigenvalue weighted by atomic mass is 9.99. The lowest BCUT2D eigenvalue weighted by Crippen LogP contribution is -2.47. The molecule has 5 nitrogen and oxygen atoms in total. The molecule has 2 aromatic rings. The smallest absolute Gasteiger partial charge is 0.314 e. The molecule has 2 aliphatic rings. The number of carbonyl (C=O) groups is 1. The molecular weight excluding hydrogens is 379 g/mol. The summed E-state index contributed by atoms with van der Waals surface area (Å²) in [5, 5.41) is 6.05. The first-order valence-electron chi connectivity index (χ1n) is 10.9. The van der Waals surface area contributed by atoms with E-state index in [-0.39, 0.29) is 11.8 Å². The Morgan fingerprint density at radius 3 is 2.67 bits per heavy atom. The number of benzene rings is 2. The van der Waals surface area contributed by atoms with Crippen LogP contribution in [0.3, 0.4) is 0 Å². The van der Waals surface area contributed by atoms with Crippen molar-refractivity contribution in [2.45, 2.75) is 32.4 Å². The Kier molecular flexibility index (Phi) is 6.53. The van der Waals surface area contributed by atoms with Crippen LogP contribution in [-0.2, 0) is 13.0 Å². The molecule has 1 fully saturated rings. The molecule has 1 saturated heterocycles. The predicted molar refractivity (Wildman–Crippen MR) is 118 cm³/mol. The van der Waals surface area contributed by atoms with E-state index in [1.807, 2.05) is 12.1 Å². The van der Waals surface area contributed by atoms with Gasteiger partial charge in [-0.25, -0.2) is 9.18 Å². The minimum absolute atomic E-state index is 0.0977. The Hall–Kier alpha value is -2.60. The summed E-state index contributed by atoms with van der Waals surface area (Å²) in [7, 11) is 0. The zero-order chi connectivity index (χ0) is 20.9. The van der Waals surface area contributed by atoms with Crippen molar-refractivity contribution < 1.29 is 9.18 Å². The van der Waals surface area contributed by atoms with Crippen LogP contribution in [0.1, 0.15) is 24.5 Å². The molecule has 0 bridgehead atoms. The summed E-state index contributed by atoms with van der Waals surface area (Å²) in [6.45, 7) is 7.27. The molecule has 0 radical (unpaired) electrons. The van der Waals surface area contributed by atoms with Gasteiger partial charge >= 0.3 is 6.03 Å². The maximum Gasteiger partial charge on any atom is 0.314 e. The summed E-state index contributed by atoms with van der Waals surface area (Å²) in [5.74, 6) is 0.202. The monoisotopic (exact) mass is 410 g/mol. The fourth-order valence-corrected chi connectivity index (χ4v) is 4.45. The average molecular weight is 411 g/mol. The molecule has 2 heterocycles. The predicted octanol–water partition coefficient (Wildman–Crippen LogP) is 3.40. The van der Waals surface area contributed by atoms with Crippen LogP contribution in [0.5, 0.6) is 0 Å². The number of carbonyl (C=O) groups excluding carboxylic acids is 1. The number of fused-ring (bicyclic) bond motifs is 1. The molecule has 0 spiro atoms. The van der Waals surface area contributed by atoms with Gasteiger partial charge in [-0.2, -0.15) is 0 Å². The van der Waals surface area contributed by atoms with Crippen LogP contribution in [-0.4, -0.2) is 49.7 Å². The summed E-state index contributed by atoms with van der Waals surface area (Å²) < 4.78 is 13.1. The standard InChI is InChI=1S/C24H31FN4O/c1-18(28-13-11-20-4-2-3-5-21(20)17-28)14-26-24(30)27-15-19-10-12-29(16-19)23-8-6-22(25)7-9-23/h2-9,18-19H,10-17H2,1H3,(H2,26,27,30)/t18-,19-/m1/s1. The highest BCUT2D eigenvalue weighted by atomic mass is 19.1. The van der Waals surface area contributed by atoms with Crippen molar-refractivity contribution in [3.8, 4) is 0 Å². The lowest BCUT2D eigenvalue weighted by molar-refractivity contribution is 0.184. The Bertz CT molecular complexity index is 857. The highest BCUT2D eigenvalue weighted by Gasteiger charge is 2.24. The molecule has 2 aliphatic heterocycles. The summed E-state index contributed by atoms with van der Waals surface area (Å²) in [6.07, 6.45) is 2.10. The van der Waals surface area contributed by atoms with E-state index in [0.717, 1.165) is 44.7 Å². The normalized spacial score (nSPS) is 19.9. The number of nitrogens with zero attached hydrogens (tertiary/aromatic N) is 2. The number of amides is 2. The Morgan fingerprint density at radius 2 is 1.87 bits per heavy atom. The Morgan fingerprint density at radius 1 is 1.10 bits per heavy atom. The largest absolute Gasteiger partial charge is 0.371 e. The SMILES string of the molecule is C[C@H](CNC(=O)NC[C@H]1CCN(c2ccc(F)cc2)C1)N1CCc2ccccc2C1. The van der Waals surface area contributed by atoms with E-state index in [1.165, 1.54) is 23.3 Å². The van der Waals surface area contributed by atoms with Gasteiger partial charge in [0.25, 0.3) is 0 Å². The molecular formula is C24H31FN4O. The fourth-order valence-electron chi connectivity index (χ4n) is 4.45. The number of urea groups is 1. The van der Waals surface area contributed by atoms with Crippen molar-refractivity contribution in [2.24, 2.45) is 5.92 Å². The van der Waals surface area contributed by atoms with Crippen molar-refractivity contribution >= 4 is 11.7 Å². The van der Waals surface area contributed by atoms with E-state index in [0.29, 0.717) is 25.0 Å². The molecule has 0 saturated carbocycles. The van der Waals surface area contributed by atoms with E-state index in [2.05, 4.69) is 51.6 Å². The second kappa shape index (κ2) is 9.47. The van der Waals surface area contributed by atoms with E-state index in [4.69, 9.17) is 0 Å². The molecule has 0 unspecified atom stereocenters. The summed E-state index contributed by atoms with van der Waals surface area (Å²) in [5.41, 5.74) is 3.88. The fraction of sp³-hybridized carbons (Fsp3) is 0.458. The number of hydrogen-bond donors (Lipinski definition) is 2. The van der Waals surface area contributed by atoms with Crippen molar-refractivity contribution in [1.29, 1.82) is 0 Å². The van der Waals surface area contributed by atoms with Crippen LogP contribution in [0, 0.1) is 11.7 Å². The van der Waals surface area contributed by atoms with Crippen molar-refractivity contribution in [3.05, 3.63) is 65.5 Å². The van der Waals surface area contributed by atoms with Gasteiger partial charge in [-0.3, -0.25) is 4.90 Å². The maximum atomic E-state index is 13.1. The zero-order valence-electron chi connectivity index (χ0n) is 17.6. The van der Waals surface area contributed by atoms with Gasteiger partial charge in [-0.1, -0.05) is 24.3 Å². The minimum Gasteiger partial charge on any atom is -0.371 e. The topological polar surface area (TPSA) is 47.6 Å². The lowest BCUT2D eigenvalue weighted by Gasteiger charge is -2.33. The summed E-state index contributed by atoms with van der Waals surface area (Å²) in [4.78, 5) is 17.0. The molecule has 6 heteroatoms. The second-order valence-corrected chi connectivity index (χ2v) is 8.51. The van der Waals surface area contributed by atoms with Crippen LogP contribution >= 0.6 is 0 Å². The third kappa shape index (κ3) is 5.11. The molecule has 2 aromatic carbocycles. The third-order valence-corrected chi connectivity index (χ3v) is 6.37. The van der Waals surface area contributed by atoms with Crippen LogP contribution in [0.4, 0.5) is 14.9 Å². The van der Waals surface area contributed by atoms with Gasteiger partial charge in [-0.15, -0.1) is 0 Å². The summed E-state index contributed by atoms with van der Waals surface area (Å²) in [6, 6.07) is 15.4. The molecule has 0 aromatic heterocycles. The molecule has 2 N–H and O–H groups in total. The van der Waals surface area contributed by atoms with Gasteiger partial charge in [0.2, 0.25) is 0 Å². The zero-order valence-corrected chi connectivity index (χ0v) is 17.6. The highest BCUT2D eigenvalue weighted by molar-refractivity contribution is 5.73. The maximum absolute atomic E-state index is 13.1. The minimum atomic E-state index is -0.212. The van der Waals surface area contributed by atoms with Crippen molar-refractivity contribution in [1.82, 2.24) is 15.5 Å². The first-order chi connectivity index (χ1) is 14.6. The highest BCUT2D eigenvalue weighted by Crippen LogP contribution is 2.23. The Labute approximate surface area is 178 Å². The van der Waals surface area contributed by atoms with Crippen LogP contribution in [0.25, 0.3) is 0 Å². The number of anilines is 1. The number of nitrogens with one attached hydrogen (secondary N) is 2. The molecule has 2 atom stereocenters. The first kappa shape index (κ1) is 20.7. The van der Waals surface area contributed by atoms with E-state index in [1.54, 1.807) is 0 Å². The first-order valence-corrected chi connectivity index (χ1v) is 10.9. The number of hydrogen-bond acceptors (Lipinski definition) is 3. The molecule has 4 rings (SSSR count). The number of halogens is 1. The van der Waals surface area contributed by atoms with E-state index >= 15 is 0 Å². The quantitative estimate of drug-likeness (QED) is 0.767. The van der Waals surface area contributed by atoms with Crippen LogP contribution in [0.15, 0.2) is 48.5 Å². The Balaban J connectivity index is 1.16. The summed E-state index contributed by atoms with van der Waals surface area (Å²) >= 11 is 0. The average Bonchev–Trinajstić information content (AvgIpc) is 3.25. The van der Waals surface area contributed by atoms with Gasteiger partial charge in [0.1, 0.15) is 5.82 Å². The van der Waals surface area contributed by atoms with Crippen LogP contribution < -0.4 is 15.5 Å².